The molecule has 4 aromatic rings. The van der Waals surface area contributed by atoms with Gasteiger partial charge in [0.1, 0.15) is 34.1 Å². The summed E-state index contributed by atoms with van der Waals surface area (Å²) in [5.41, 5.74) is 7.16. The van der Waals surface area contributed by atoms with Crippen LogP contribution in [0.15, 0.2) is 108 Å². The van der Waals surface area contributed by atoms with Crippen LogP contribution < -0.4 is 0 Å². The fraction of sp³-hybridized carbons (Fsp3) is 0.133. The largest absolute Gasteiger partial charge is 0.460 e. The molecule has 0 radical (unpaired) electrons. The van der Waals surface area contributed by atoms with E-state index >= 15 is 0 Å². The summed E-state index contributed by atoms with van der Waals surface area (Å²) in [6, 6.07) is 16.6. The van der Waals surface area contributed by atoms with Crippen molar-refractivity contribution in [3.05, 3.63) is 115 Å². The molecular weight excluding hydrogens is 420 g/mol. The third-order valence-corrected chi connectivity index (χ3v) is 6.83. The Balaban J connectivity index is 1.50. The molecule has 3 heterocycles. The predicted molar refractivity (Wildman–Crippen MR) is 137 cm³/mol. The van der Waals surface area contributed by atoms with Gasteiger partial charge in [0.2, 0.25) is 0 Å². The molecule has 0 N–H and O–H groups in total. The van der Waals surface area contributed by atoms with E-state index in [2.05, 4.69) is 56.5 Å². The van der Waals surface area contributed by atoms with Gasteiger partial charge in [0.15, 0.2) is 5.58 Å². The molecule has 0 spiro atoms. The van der Waals surface area contributed by atoms with Crippen LogP contribution in [0.25, 0.3) is 38.8 Å². The highest BCUT2D eigenvalue weighted by Crippen LogP contribution is 2.52. The van der Waals surface area contributed by atoms with E-state index < -0.39 is 0 Å². The summed E-state index contributed by atoms with van der Waals surface area (Å²) < 4.78 is 12.5. The predicted octanol–water partition coefficient (Wildman–Crippen LogP) is 7.69. The van der Waals surface area contributed by atoms with E-state index in [-0.39, 0.29) is 5.41 Å². The fourth-order valence-electron chi connectivity index (χ4n) is 5.01. The minimum Gasteiger partial charge on any atom is -0.460 e. The minimum atomic E-state index is -0.256. The van der Waals surface area contributed by atoms with Gasteiger partial charge < -0.3 is 9.15 Å². The Morgan fingerprint density at radius 2 is 1.82 bits per heavy atom. The molecule has 1 aliphatic carbocycles. The second-order valence-electron chi connectivity index (χ2n) is 8.97. The molecular formula is C30H24N2O2. The third kappa shape index (κ3) is 2.92. The molecule has 2 aromatic heterocycles. The molecule has 0 saturated carbocycles. The lowest BCUT2D eigenvalue weighted by molar-refractivity contribution is 0.277. The zero-order chi connectivity index (χ0) is 23.4. The molecule has 0 fully saturated rings. The summed E-state index contributed by atoms with van der Waals surface area (Å²) in [6.07, 6.45) is 8.65. The van der Waals surface area contributed by atoms with Crippen LogP contribution >= 0.6 is 0 Å². The molecule has 0 bridgehead atoms. The molecule has 6 rings (SSSR count). The number of nitrogens with zero attached hydrogens (tertiary/aromatic N) is 2. The lowest BCUT2D eigenvalue weighted by Gasteiger charge is -2.28. The van der Waals surface area contributed by atoms with Crippen molar-refractivity contribution in [3.63, 3.8) is 0 Å². The molecule has 0 saturated heterocycles. The number of fused-ring (bicyclic) bond motifs is 4. The summed E-state index contributed by atoms with van der Waals surface area (Å²) in [5, 5.41) is 0.985. The lowest BCUT2D eigenvalue weighted by Crippen LogP contribution is -2.19. The van der Waals surface area contributed by atoms with Crippen molar-refractivity contribution in [2.24, 2.45) is 5.41 Å². The van der Waals surface area contributed by atoms with Crippen molar-refractivity contribution >= 4 is 27.6 Å². The Kier molecular flexibility index (Phi) is 4.46. The maximum atomic E-state index is 6.33. The zero-order valence-electron chi connectivity index (χ0n) is 19.3. The van der Waals surface area contributed by atoms with E-state index in [9.17, 15) is 0 Å². The fourth-order valence-corrected chi connectivity index (χ4v) is 5.01. The van der Waals surface area contributed by atoms with Gasteiger partial charge in [-0.05, 0) is 55.7 Å². The van der Waals surface area contributed by atoms with Crippen LogP contribution in [0.5, 0.6) is 0 Å². The van der Waals surface area contributed by atoms with Crippen molar-refractivity contribution in [3.8, 4) is 11.1 Å². The molecule has 4 nitrogen and oxygen atoms in total. The molecule has 0 amide bonds. The normalized spacial score (nSPS) is 19.6. The number of benzene rings is 2. The minimum absolute atomic E-state index is 0.256. The van der Waals surface area contributed by atoms with Crippen molar-refractivity contribution in [1.82, 2.24) is 9.97 Å². The summed E-state index contributed by atoms with van der Waals surface area (Å²) >= 11 is 0. The molecule has 2 aromatic carbocycles. The van der Waals surface area contributed by atoms with Crippen molar-refractivity contribution in [1.29, 1.82) is 0 Å². The average Bonchev–Trinajstić information content (AvgIpc) is 3.37. The van der Waals surface area contributed by atoms with Crippen LogP contribution in [0, 0.1) is 12.3 Å². The van der Waals surface area contributed by atoms with Gasteiger partial charge in [-0.1, -0.05) is 61.7 Å². The Morgan fingerprint density at radius 1 is 1.00 bits per heavy atom. The number of ether oxygens (including phenoxy) is 1. The maximum Gasteiger partial charge on any atom is 0.180 e. The van der Waals surface area contributed by atoms with Crippen LogP contribution in [0.3, 0.4) is 0 Å². The first-order valence-electron chi connectivity index (χ1n) is 11.4. The average molecular weight is 445 g/mol. The van der Waals surface area contributed by atoms with Gasteiger partial charge in [-0.2, -0.15) is 0 Å². The van der Waals surface area contributed by atoms with Crippen LogP contribution in [-0.4, -0.2) is 9.97 Å². The van der Waals surface area contributed by atoms with E-state index in [1.165, 1.54) is 0 Å². The first-order chi connectivity index (χ1) is 16.5. The molecule has 34 heavy (non-hydrogen) atoms. The standard InChI is InChI=1S/C30H24N2O2/c1-5-23-24(6-2)33-26-17-21(14-15-30(23,26)4)27-29-28(32-18(3)31-27)22-16-20(12-13-25(22)34-29)19-10-8-7-9-11-19/h5-14,16-17H,1-2,15H2,3-4H3. The Morgan fingerprint density at radius 3 is 2.59 bits per heavy atom. The van der Waals surface area contributed by atoms with E-state index in [1.54, 1.807) is 6.08 Å². The molecule has 1 unspecified atom stereocenters. The number of allylic oxidation sites excluding steroid dienone is 6. The van der Waals surface area contributed by atoms with Gasteiger partial charge in [-0.15, -0.1) is 0 Å². The summed E-state index contributed by atoms with van der Waals surface area (Å²) in [7, 11) is 0. The summed E-state index contributed by atoms with van der Waals surface area (Å²) in [4.78, 5) is 9.55. The highest BCUT2D eigenvalue weighted by Gasteiger charge is 2.42. The summed E-state index contributed by atoms with van der Waals surface area (Å²) in [5.74, 6) is 2.34. The van der Waals surface area contributed by atoms with Crippen molar-refractivity contribution in [2.45, 2.75) is 20.3 Å². The number of furan rings is 1. The second kappa shape index (κ2) is 7.42. The van der Waals surface area contributed by atoms with Crippen LogP contribution in [0.1, 0.15) is 24.9 Å². The third-order valence-electron chi connectivity index (χ3n) is 6.83. The SMILES string of the molecule is C=CC1=C(C=C)C2(C)CC=C(c3nc(C)nc4c3oc3ccc(-c5ccccc5)cc34)C=C2O1. The maximum absolute atomic E-state index is 6.33. The Bertz CT molecular complexity index is 1600. The van der Waals surface area contributed by atoms with Gasteiger partial charge >= 0.3 is 0 Å². The molecule has 1 aliphatic heterocycles. The molecule has 1 atom stereocenters. The van der Waals surface area contributed by atoms with E-state index in [4.69, 9.17) is 19.1 Å². The van der Waals surface area contributed by atoms with Crippen LogP contribution in [0.2, 0.25) is 0 Å². The molecule has 2 aliphatic rings. The van der Waals surface area contributed by atoms with Gasteiger partial charge in [0, 0.05) is 16.5 Å². The Labute approximate surface area is 198 Å². The van der Waals surface area contributed by atoms with Gasteiger partial charge in [-0.3, -0.25) is 0 Å². The number of rotatable bonds is 4. The number of aromatic nitrogens is 2. The highest BCUT2D eigenvalue weighted by atomic mass is 16.5. The number of hydrogen-bond donors (Lipinski definition) is 0. The molecule has 4 heteroatoms. The van der Waals surface area contributed by atoms with Crippen molar-refractivity contribution in [2.75, 3.05) is 0 Å². The van der Waals surface area contributed by atoms with Crippen molar-refractivity contribution < 1.29 is 9.15 Å². The number of hydrogen-bond acceptors (Lipinski definition) is 4. The van der Waals surface area contributed by atoms with Crippen LogP contribution in [0.4, 0.5) is 0 Å². The van der Waals surface area contributed by atoms with Gasteiger partial charge in [0.05, 0.1) is 5.41 Å². The quantitative estimate of drug-likeness (QED) is 0.324. The zero-order valence-corrected chi connectivity index (χ0v) is 19.3. The first-order valence-corrected chi connectivity index (χ1v) is 11.4. The second-order valence-corrected chi connectivity index (χ2v) is 8.97. The lowest BCUT2D eigenvalue weighted by atomic mass is 9.74. The van der Waals surface area contributed by atoms with Gasteiger partial charge in [0.25, 0.3) is 0 Å². The molecule has 166 valence electrons. The first kappa shape index (κ1) is 20.4. The van der Waals surface area contributed by atoms with E-state index in [1.807, 2.05) is 37.3 Å². The van der Waals surface area contributed by atoms with E-state index in [0.717, 1.165) is 62.4 Å². The van der Waals surface area contributed by atoms with Gasteiger partial charge in [-0.25, -0.2) is 9.97 Å². The highest BCUT2D eigenvalue weighted by molar-refractivity contribution is 6.07. The topological polar surface area (TPSA) is 48.2 Å². The van der Waals surface area contributed by atoms with Crippen LogP contribution in [-0.2, 0) is 4.74 Å². The monoisotopic (exact) mass is 444 g/mol. The summed E-state index contributed by atoms with van der Waals surface area (Å²) in [6.45, 7) is 12.0. The van der Waals surface area contributed by atoms with E-state index in [0.29, 0.717) is 11.4 Å². The number of aryl methyl sites for hydroxylation is 1. The smallest absolute Gasteiger partial charge is 0.180 e. The Hall–Kier alpha value is -4.18.